The summed E-state index contributed by atoms with van der Waals surface area (Å²) in [5.74, 6) is -0.0104. The summed E-state index contributed by atoms with van der Waals surface area (Å²) >= 11 is 0. The van der Waals surface area contributed by atoms with Crippen molar-refractivity contribution in [3.05, 3.63) is 83.0 Å². The van der Waals surface area contributed by atoms with E-state index in [9.17, 15) is 18.3 Å². The number of carbonyl (C=O) groups excluding carboxylic acids is 1. The number of aliphatic hydroxyl groups excluding tert-OH is 1. The maximum absolute atomic E-state index is 13.7. The largest absolute Gasteiger partial charge is 0.487 e. The van der Waals surface area contributed by atoms with Gasteiger partial charge in [0.15, 0.2) is 5.03 Å². The highest BCUT2D eigenvalue weighted by Crippen LogP contribution is 2.38. The molecular weight excluding hydrogens is 480 g/mol. The second kappa shape index (κ2) is 11.1. The molecule has 3 aromatic rings. The number of anilines is 1. The van der Waals surface area contributed by atoms with E-state index in [1.54, 1.807) is 43.3 Å². The monoisotopic (exact) mass is 510 g/mol. The van der Waals surface area contributed by atoms with Crippen molar-refractivity contribution in [1.82, 2.24) is 4.98 Å². The van der Waals surface area contributed by atoms with Gasteiger partial charge in [-0.25, -0.2) is 9.78 Å². The van der Waals surface area contributed by atoms with Gasteiger partial charge in [0.05, 0.1) is 31.0 Å². The van der Waals surface area contributed by atoms with Crippen LogP contribution in [0.5, 0.6) is 5.75 Å². The van der Waals surface area contributed by atoms with Crippen molar-refractivity contribution < 1.29 is 27.8 Å². The molecule has 1 heterocycles. The molecule has 0 fully saturated rings. The number of rotatable bonds is 10. The van der Waals surface area contributed by atoms with E-state index < -0.39 is 22.1 Å². The number of aliphatic hydroxyl groups is 1. The molecule has 0 saturated heterocycles. The topological polar surface area (TPSA) is 106 Å². The third-order valence-corrected chi connectivity index (χ3v) is 7.95. The van der Waals surface area contributed by atoms with Crippen LogP contribution in [0.25, 0.3) is 0 Å². The van der Waals surface area contributed by atoms with Gasteiger partial charge in [-0.1, -0.05) is 25.1 Å². The first-order valence-electron chi connectivity index (χ1n) is 11.9. The van der Waals surface area contributed by atoms with Crippen LogP contribution in [0.1, 0.15) is 46.8 Å². The first kappa shape index (κ1) is 25.7. The highest BCUT2D eigenvalue weighted by molar-refractivity contribution is 7.92. The Labute approximate surface area is 211 Å². The molecule has 1 N–H and O–H groups in total. The number of ether oxygens (including phenoxy) is 2. The molecule has 0 bridgehead atoms. The Bertz CT molecular complexity index is 1310. The van der Waals surface area contributed by atoms with Crippen molar-refractivity contribution in [2.75, 3.05) is 18.0 Å². The fourth-order valence-electron chi connectivity index (χ4n) is 4.17. The van der Waals surface area contributed by atoms with Crippen molar-refractivity contribution in [2.45, 2.75) is 50.3 Å². The van der Waals surface area contributed by atoms with Gasteiger partial charge < -0.3 is 14.6 Å². The molecule has 1 atom stereocenters. The van der Waals surface area contributed by atoms with Crippen LogP contribution in [0.4, 0.5) is 5.69 Å². The Morgan fingerprint density at radius 1 is 1.11 bits per heavy atom. The van der Waals surface area contributed by atoms with Crippen LogP contribution in [0.15, 0.2) is 65.8 Å². The molecule has 0 aliphatic heterocycles. The van der Waals surface area contributed by atoms with Crippen LogP contribution < -0.4 is 9.04 Å². The molecule has 4 rings (SSSR count). The third kappa shape index (κ3) is 5.52. The van der Waals surface area contributed by atoms with E-state index in [0.29, 0.717) is 23.4 Å². The molecule has 9 heteroatoms. The Morgan fingerprint density at radius 3 is 2.47 bits per heavy atom. The van der Waals surface area contributed by atoms with Crippen LogP contribution in [0.3, 0.4) is 0 Å². The summed E-state index contributed by atoms with van der Waals surface area (Å²) in [6.07, 6.45) is 3.69. The number of carbonyl (C=O) groups is 1. The second-order valence-electron chi connectivity index (χ2n) is 8.69. The number of sulfonamides is 1. The van der Waals surface area contributed by atoms with Gasteiger partial charge in [0.25, 0.3) is 10.0 Å². The molecule has 0 amide bonds. The maximum atomic E-state index is 13.7. The number of pyridine rings is 1. The maximum Gasteiger partial charge on any atom is 0.337 e. The minimum atomic E-state index is -4.07. The molecule has 1 aliphatic carbocycles. The normalized spacial score (nSPS) is 13.6. The molecule has 8 nitrogen and oxygen atoms in total. The lowest BCUT2D eigenvalue weighted by Crippen LogP contribution is -2.38. The highest BCUT2D eigenvalue weighted by Gasteiger charge is 2.31. The molecule has 2 aromatic carbocycles. The lowest BCUT2D eigenvalue weighted by molar-refractivity contribution is 0.0600. The van der Waals surface area contributed by atoms with Gasteiger partial charge in [-0.05, 0) is 78.8 Å². The number of hydrogen-bond donors (Lipinski definition) is 1. The third-order valence-electron chi connectivity index (χ3n) is 6.25. The zero-order valence-corrected chi connectivity index (χ0v) is 21.2. The van der Waals surface area contributed by atoms with Crippen LogP contribution in [0.2, 0.25) is 0 Å². The van der Waals surface area contributed by atoms with E-state index in [-0.39, 0.29) is 18.2 Å². The van der Waals surface area contributed by atoms with Crippen LogP contribution in [-0.4, -0.2) is 44.2 Å². The second-order valence-corrected chi connectivity index (χ2v) is 10.5. The summed E-state index contributed by atoms with van der Waals surface area (Å²) in [5, 5.41) is 10.4. The minimum absolute atomic E-state index is 0.0989. The number of nitrogens with zero attached hydrogens (tertiary/aromatic N) is 2. The number of esters is 1. The molecule has 0 saturated carbocycles. The summed E-state index contributed by atoms with van der Waals surface area (Å²) in [4.78, 5) is 15.8. The molecular formula is C27H30N2O6S. The smallest absolute Gasteiger partial charge is 0.337 e. The molecule has 1 aromatic heterocycles. The summed E-state index contributed by atoms with van der Waals surface area (Å²) in [6.45, 7) is 1.84. The average Bonchev–Trinajstić information content (AvgIpc) is 3.37. The number of fused-ring (bicyclic) bond motifs is 1. The fraction of sp³-hybridized carbons (Fsp3) is 0.333. The van der Waals surface area contributed by atoms with Crippen molar-refractivity contribution in [2.24, 2.45) is 0 Å². The molecule has 0 spiro atoms. The Kier molecular flexibility index (Phi) is 7.91. The quantitative estimate of drug-likeness (QED) is 0.412. The van der Waals surface area contributed by atoms with Crippen LogP contribution in [-0.2, 0) is 34.2 Å². The highest BCUT2D eigenvalue weighted by atomic mass is 32.2. The summed E-state index contributed by atoms with van der Waals surface area (Å²) in [7, 11) is -2.74. The van der Waals surface area contributed by atoms with Crippen molar-refractivity contribution in [3.63, 3.8) is 0 Å². The van der Waals surface area contributed by atoms with E-state index in [0.717, 1.165) is 36.0 Å². The zero-order chi connectivity index (χ0) is 25.7. The van der Waals surface area contributed by atoms with Gasteiger partial charge >= 0.3 is 5.97 Å². The Hall–Kier alpha value is -3.43. The summed E-state index contributed by atoms with van der Waals surface area (Å²) in [6, 6.07) is 15.3. The SMILES string of the molecule is CC[C@H](O)CN(c1cc2c(cc1OCc1ccc(C(=O)OC)cc1)CCC2)S(=O)(=O)c1ccccn1. The van der Waals surface area contributed by atoms with Gasteiger partial charge in [0, 0.05) is 6.20 Å². The zero-order valence-electron chi connectivity index (χ0n) is 20.4. The number of hydrogen-bond acceptors (Lipinski definition) is 7. The van der Waals surface area contributed by atoms with E-state index in [2.05, 4.69) is 4.98 Å². The van der Waals surface area contributed by atoms with Crippen LogP contribution >= 0.6 is 0 Å². The van der Waals surface area contributed by atoms with E-state index >= 15 is 0 Å². The number of aromatic nitrogens is 1. The predicted molar refractivity (Wildman–Crippen MR) is 136 cm³/mol. The first-order chi connectivity index (χ1) is 17.3. The number of aryl methyl sites for hydroxylation is 2. The van der Waals surface area contributed by atoms with E-state index in [1.807, 2.05) is 12.1 Å². The van der Waals surface area contributed by atoms with E-state index in [4.69, 9.17) is 9.47 Å². The molecule has 1 aliphatic rings. The van der Waals surface area contributed by atoms with Gasteiger partial charge in [-0.2, -0.15) is 8.42 Å². The standard InChI is InChI=1S/C27H30N2O6S/c1-3-23(30)17-29(36(32,33)26-9-4-5-14-28-26)24-15-21-7-6-8-22(21)16-25(24)35-18-19-10-12-20(13-11-19)27(31)34-2/h4-5,9-16,23,30H,3,6-8,17-18H2,1-2H3/t23-/m0/s1. The van der Waals surface area contributed by atoms with Gasteiger partial charge in [0.1, 0.15) is 12.4 Å². The van der Waals surface area contributed by atoms with Crippen molar-refractivity contribution >= 4 is 21.7 Å². The van der Waals surface area contributed by atoms with E-state index in [1.165, 1.54) is 23.7 Å². The Morgan fingerprint density at radius 2 is 1.83 bits per heavy atom. The van der Waals surface area contributed by atoms with Gasteiger partial charge in [0.2, 0.25) is 0 Å². The summed E-state index contributed by atoms with van der Waals surface area (Å²) in [5.41, 5.74) is 3.82. The molecule has 36 heavy (non-hydrogen) atoms. The van der Waals surface area contributed by atoms with Crippen LogP contribution in [0, 0.1) is 0 Å². The minimum Gasteiger partial charge on any atom is -0.487 e. The molecule has 0 radical (unpaired) electrons. The fourth-order valence-corrected chi connectivity index (χ4v) is 5.61. The predicted octanol–water partition coefficient (Wildman–Crippen LogP) is 3.90. The van der Waals surface area contributed by atoms with Gasteiger partial charge in [-0.3, -0.25) is 4.31 Å². The average molecular weight is 511 g/mol. The van der Waals surface area contributed by atoms with Crippen molar-refractivity contribution in [3.8, 4) is 5.75 Å². The lowest BCUT2D eigenvalue weighted by Gasteiger charge is -2.28. The molecule has 190 valence electrons. The lowest BCUT2D eigenvalue weighted by atomic mass is 10.1. The number of methoxy groups -OCH3 is 1. The van der Waals surface area contributed by atoms with Crippen molar-refractivity contribution in [1.29, 1.82) is 0 Å². The summed E-state index contributed by atoms with van der Waals surface area (Å²) < 4.78 is 39.5. The first-order valence-corrected chi connectivity index (χ1v) is 13.3. The molecule has 0 unspecified atom stereocenters. The van der Waals surface area contributed by atoms with Gasteiger partial charge in [-0.15, -0.1) is 0 Å². The number of benzene rings is 2. The Balaban J connectivity index is 1.72.